The SMILES string of the molecule is N#Cc1cccc(C(N)N=C(N=Cc2ccccc2)c2ccc(N/C=C(/C=C\c3csc4ccccc34)c3ccccc3)cc2)c1. The highest BCUT2D eigenvalue weighted by molar-refractivity contribution is 7.17. The van der Waals surface area contributed by atoms with Crippen molar-refractivity contribution in [2.24, 2.45) is 15.7 Å². The summed E-state index contributed by atoms with van der Waals surface area (Å²) in [6.07, 6.45) is 7.44. The number of rotatable bonds is 9. The number of fused-ring (bicyclic) bond motifs is 1. The minimum Gasteiger partial charge on any atom is -0.361 e. The summed E-state index contributed by atoms with van der Waals surface area (Å²) in [6, 6.07) is 46.0. The molecule has 5 nitrogen and oxygen atoms in total. The fourth-order valence-electron chi connectivity index (χ4n) is 4.90. The van der Waals surface area contributed by atoms with Gasteiger partial charge in [0.15, 0.2) is 5.84 Å². The molecule has 0 aliphatic heterocycles. The van der Waals surface area contributed by atoms with Crippen LogP contribution in [0.4, 0.5) is 5.69 Å². The van der Waals surface area contributed by atoms with Gasteiger partial charge in [-0.1, -0.05) is 103 Å². The number of anilines is 1. The summed E-state index contributed by atoms with van der Waals surface area (Å²) in [5, 5.41) is 16.3. The quantitative estimate of drug-likeness (QED) is 0.0967. The zero-order valence-electron chi connectivity index (χ0n) is 25.0. The average molecular weight is 614 g/mol. The van der Waals surface area contributed by atoms with E-state index in [-0.39, 0.29) is 0 Å². The first kappa shape index (κ1) is 30.2. The summed E-state index contributed by atoms with van der Waals surface area (Å²) in [6.45, 7) is 0. The first-order chi connectivity index (χ1) is 22.7. The van der Waals surface area contributed by atoms with Crippen molar-refractivity contribution in [3.05, 3.63) is 184 Å². The largest absolute Gasteiger partial charge is 0.361 e. The van der Waals surface area contributed by atoms with Gasteiger partial charge < -0.3 is 11.1 Å². The summed E-state index contributed by atoms with van der Waals surface area (Å²) < 4.78 is 1.28. The van der Waals surface area contributed by atoms with Gasteiger partial charge in [0.2, 0.25) is 0 Å². The number of benzene rings is 5. The molecular formula is C40H31N5S. The summed E-state index contributed by atoms with van der Waals surface area (Å²) in [7, 11) is 0. The molecule has 0 saturated carbocycles. The van der Waals surface area contributed by atoms with Crippen molar-refractivity contribution in [3.8, 4) is 6.07 Å². The van der Waals surface area contributed by atoms with Gasteiger partial charge in [0.1, 0.15) is 6.17 Å². The maximum absolute atomic E-state index is 9.33. The molecule has 1 unspecified atom stereocenters. The molecule has 0 bridgehead atoms. The highest BCUT2D eigenvalue weighted by Gasteiger charge is 2.10. The molecule has 1 aromatic heterocycles. The van der Waals surface area contributed by atoms with Crippen LogP contribution >= 0.6 is 11.3 Å². The van der Waals surface area contributed by atoms with Gasteiger partial charge in [-0.3, -0.25) is 0 Å². The maximum atomic E-state index is 9.33. The van der Waals surface area contributed by atoms with Crippen LogP contribution in [0.3, 0.4) is 0 Å². The first-order valence-corrected chi connectivity index (χ1v) is 15.7. The van der Waals surface area contributed by atoms with Gasteiger partial charge in [0.25, 0.3) is 0 Å². The number of hydrogen-bond donors (Lipinski definition) is 2. The Labute approximate surface area is 273 Å². The van der Waals surface area contributed by atoms with Crippen molar-refractivity contribution in [2.75, 3.05) is 5.32 Å². The van der Waals surface area contributed by atoms with Gasteiger partial charge in [0, 0.05) is 28.4 Å². The van der Waals surface area contributed by atoms with Gasteiger partial charge in [0.05, 0.1) is 11.6 Å². The summed E-state index contributed by atoms with van der Waals surface area (Å²) in [4.78, 5) is 9.49. The molecule has 0 aliphatic carbocycles. The van der Waals surface area contributed by atoms with Crippen molar-refractivity contribution < 1.29 is 0 Å². The fourth-order valence-corrected chi connectivity index (χ4v) is 5.83. The molecule has 222 valence electrons. The number of aliphatic imine (C=N–C) groups is 2. The molecule has 0 spiro atoms. The van der Waals surface area contributed by atoms with Crippen LogP contribution in [0.25, 0.3) is 21.7 Å². The van der Waals surface area contributed by atoms with Crippen LogP contribution in [0.2, 0.25) is 0 Å². The van der Waals surface area contributed by atoms with Crippen LogP contribution < -0.4 is 11.1 Å². The molecule has 46 heavy (non-hydrogen) atoms. The molecule has 6 heteroatoms. The molecule has 3 N–H and O–H groups in total. The van der Waals surface area contributed by atoms with Crippen molar-refractivity contribution in [3.63, 3.8) is 0 Å². The lowest BCUT2D eigenvalue weighted by atomic mass is 10.0. The molecule has 1 heterocycles. The van der Waals surface area contributed by atoms with Gasteiger partial charge in [-0.15, -0.1) is 11.3 Å². The molecule has 6 aromatic rings. The van der Waals surface area contributed by atoms with Crippen molar-refractivity contribution in [2.45, 2.75) is 6.17 Å². The van der Waals surface area contributed by atoms with E-state index in [0.717, 1.165) is 33.5 Å². The van der Waals surface area contributed by atoms with E-state index in [9.17, 15) is 5.26 Å². The van der Waals surface area contributed by atoms with Gasteiger partial charge in [-0.05, 0) is 81.1 Å². The Balaban J connectivity index is 1.27. The van der Waals surface area contributed by atoms with Crippen LogP contribution in [0.1, 0.15) is 39.5 Å². The van der Waals surface area contributed by atoms with Crippen molar-refractivity contribution in [1.29, 1.82) is 5.26 Å². The zero-order chi connectivity index (χ0) is 31.6. The molecule has 0 saturated heterocycles. The van der Waals surface area contributed by atoms with E-state index in [1.165, 1.54) is 15.6 Å². The molecule has 5 aromatic carbocycles. The zero-order valence-corrected chi connectivity index (χ0v) is 25.8. The Bertz CT molecular complexity index is 2080. The van der Waals surface area contributed by atoms with Crippen LogP contribution in [0.15, 0.2) is 161 Å². The molecule has 0 amide bonds. The highest BCUT2D eigenvalue weighted by Crippen LogP contribution is 2.28. The van der Waals surface area contributed by atoms with Crippen LogP contribution in [-0.4, -0.2) is 12.1 Å². The third kappa shape index (κ3) is 7.61. The Kier molecular flexibility index (Phi) is 9.67. The van der Waals surface area contributed by atoms with E-state index in [1.807, 2.05) is 91.1 Å². The molecule has 1 atom stereocenters. The minimum atomic E-state index is -0.683. The molecule has 0 aliphatic rings. The Morgan fingerprint density at radius 3 is 2.33 bits per heavy atom. The van der Waals surface area contributed by atoms with Gasteiger partial charge >= 0.3 is 0 Å². The molecular weight excluding hydrogens is 583 g/mol. The predicted octanol–water partition coefficient (Wildman–Crippen LogP) is 9.46. The molecule has 0 fully saturated rings. The average Bonchev–Trinajstić information content (AvgIpc) is 3.54. The second-order valence-corrected chi connectivity index (χ2v) is 11.4. The van der Waals surface area contributed by atoms with Crippen molar-refractivity contribution in [1.82, 2.24) is 0 Å². The van der Waals surface area contributed by atoms with E-state index < -0.39 is 6.17 Å². The predicted molar refractivity (Wildman–Crippen MR) is 194 cm³/mol. The van der Waals surface area contributed by atoms with Gasteiger partial charge in [-0.25, -0.2) is 9.98 Å². The number of nitriles is 1. The van der Waals surface area contributed by atoms with E-state index in [4.69, 9.17) is 15.7 Å². The standard InChI is InChI=1S/C40H31N5S/c41-25-30-12-9-15-33(24-30)39(42)45-40(44-26-29-10-3-1-4-11-29)32-20-22-36(23-21-32)43-27-34(31-13-5-2-6-14-31)18-19-35-28-46-38-17-8-7-16-37(35)38/h1-24,26-28,39,43H,42H2/b19-18-,34-27-,44-26?,45-40?. The highest BCUT2D eigenvalue weighted by atomic mass is 32.1. The van der Waals surface area contributed by atoms with E-state index in [1.54, 1.807) is 29.7 Å². The number of thiophene rings is 1. The fraction of sp³-hybridized carbons (Fsp3) is 0.0250. The second kappa shape index (κ2) is 14.7. The van der Waals surface area contributed by atoms with Crippen LogP contribution in [0, 0.1) is 11.3 Å². The lowest BCUT2D eigenvalue weighted by Gasteiger charge is -2.11. The van der Waals surface area contributed by atoms with E-state index >= 15 is 0 Å². The third-order valence-corrected chi connectivity index (χ3v) is 8.33. The summed E-state index contributed by atoms with van der Waals surface area (Å²) in [5.74, 6) is 0.497. The lowest BCUT2D eigenvalue weighted by Crippen LogP contribution is -2.11. The normalized spacial score (nSPS) is 12.9. The first-order valence-electron chi connectivity index (χ1n) is 14.9. The second-order valence-electron chi connectivity index (χ2n) is 10.5. The summed E-state index contributed by atoms with van der Waals surface area (Å²) >= 11 is 1.75. The third-order valence-electron chi connectivity index (χ3n) is 7.35. The smallest absolute Gasteiger partial charge is 0.156 e. The number of hydrogen-bond acceptors (Lipinski definition) is 5. The topological polar surface area (TPSA) is 86.6 Å². The van der Waals surface area contributed by atoms with Crippen molar-refractivity contribution >= 4 is 50.8 Å². The number of nitrogens with zero attached hydrogens (tertiary/aromatic N) is 3. The summed E-state index contributed by atoms with van der Waals surface area (Å²) in [5.41, 5.74) is 13.8. The Morgan fingerprint density at radius 1 is 0.804 bits per heavy atom. The maximum Gasteiger partial charge on any atom is 0.156 e. The number of nitrogens with one attached hydrogen (secondary N) is 1. The number of amidine groups is 1. The Hall–Kier alpha value is -5.87. The Morgan fingerprint density at radius 2 is 1.54 bits per heavy atom. The lowest BCUT2D eigenvalue weighted by molar-refractivity contribution is 0.774. The monoisotopic (exact) mass is 613 g/mol. The van der Waals surface area contributed by atoms with E-state index in [2.05, 4.69) is 65.3 Å². The molecule has 6 rings (SSSR count). The van der Waals surface area contributed by atoms with Crippen LogP contribution in [0.5, 0.6) is 0 Å². The van der Waals surface area contributed by atoms with Crippen LogP contribution in [-0.2, 0) is 0 Å². The number of nitrogens with two attached hydrogens (primary N) is 1. The molecule has 0 radical (unpaired) electrons. The minimum absolute atomic E-state index is 0.497. The van der Waals surface area contributed by atoms with Gasteiger partial charge in [-0.2, -0.15) is 5.26 Å². The number of allylic oxidation sites excluding steroid dienone is 2. The van der Waals surface area contributed by atoms with E-state index in [0.29, 0.717) is 11.4 Å².